The Morgan fingerprint density at radius 3 is 2.67 bits per heavy atom. The van der Waals surface area contributed by atoms with Crippen LogP contribution in [0.4, 0.5) is 11.4 Å². The van der Waals surface area contributed by atoms with E-state index in [1.54, 1.807) is 34.4 Å². The predicted molar refractivity (Wildman–Crippen MR) is 115 cm³/mol. The van der Waals surface area contributed by atoms with E-state index in [0.717, 1.165) is 15.3 Å². The number of Topliss-reactive ketones (excluding diaryl/α,β-unsaturated/α-hetero) is 1. The monoisotopic (exact) mass is 420 g/mol. The lowest BCUT2D eigenvalue weighted by Gasteiger charge is -2.39. The maximum atomic E-state index is 13.1. The summed E-state index contributed by atoms with van der Waals surface area (Å²) in [5.41, 5.74) is 8.99. The Labute approximate surface area is 177 Å². The van der Waals surface area contributed by atoms with Gasteiger partial charge in [0.15, 0.2) is 5.78 Å². The van der Waals surface area contributed by atoms with Gasteiger partial charge in [0.1, 0.15) is 11.5 Å². The van der Waals surface area contributed by atoms with Crippen molar-refractivity contribution >= 4 is 28.5 Å². The van der Waals surface area contributed by atoms with E-state index >= 15 is 0 Å². The number of hydrogen-bond acceptors (Lipinski definition) is 7. The number of rotatable bonds is 3. The van der Waals surface area contributed by atoms with Gasteiger partial charge in [0.2, 0.25) is 0 Å². The minimum Gasteiger partial charge on any atom is -0.384 e. The van der Waals surface area contributed by atoms with Crippen molar-refractivity contribution in [1.29, 1.82) is 5.26 Å². The number of aryl methyl sites for hydroxylation is 2. The van der Waals surface area contributed by atoms with E-state index in [9.17, 15) is 20.2 Å². The number of thiophene rings is 1. The maximum absolute atomic E-state index is 13.1. The number of nitrogens with two attached hydrogens (primary N) is 1. The molecule has 7 nitrogen and oxygen atoms in total. The van der Waals surface area contributed by atoms with Crippen LogP contribution in [0.2, 0.25) is 0 Å². The van der Waals surface area contributed by atoms with Crippen LogP contribution in [-0.2, 0) is 4.79 Å². The van der Waals surface area contributed by atoms with Crippen molar-refractivity contribution in [3.05, 3.63) is 78.4 Å². The number of benzene rings is 1. The number of hydrogen-bond donors (Lipinski definition) is 1. The zero-order valence-electron chi connectivity index (χ0n) is 16.6. The van der Waals surface area contributed by atoms with Crippen LogP contribution in [0.25, 0.3) is 0 Å². The average molecular weight is 420 g/mol. The second-order valence-electron chi connectivity index (χ2n) is 7.43. The summed E-state index contributed by atoms with van der Waals surface area (Å²) < 4.78 is 0. The van der Waals surface area contributed by atoms with Crippen LogP contribution in [-0.4, -0.2) is 10.7 Å². The molecule has 0 bridgehead atoms. The maximum Gasteiger partial charge on any atom is 0.293 e. The van der Waals surface area contributed by atoms with Crippen LogP contribution in [0.15, 0.2) is 53.0 Å². The van der Waals surface area contributed by atoms with Crippen molar-refractivity contribution in [1.82, 2.24) is 0 Å². The molecule has 2 heterocycles. The zero-order valence-corrected chi connectivity index (χ0v) is 17.5. The quantitative estimate of drug-likeness (QED) is 0.574. The number of carbonyl (C=O) groups excluding carboxylic acids is 1. The van der Waals surface area contributed by atoms with E-state index in [1.807, 2.05) is 19.9 Å². The molecule has 1 aliphatic carbocycles. The smallest absolute Gasteiger partial charge is 0.293 e. The SMILES string of the molecule is Cc1cc(C2C(C#N)=C(N)N(c3ccccc3[N+](=O)[O-])C3=C2C(=O)CCC3)c(C)s1. The predicted octanol–water partition coefficient (Wildman–Crippen LogP) is 4.58. The fraction of sp³-hybridized carbons (Fsp3) is 0.273. The standard InChI is InChI=1S/C22H20N4O3S/c1-12-10-14(13(2)30-12)20-15(11-23)22(24)25(18-8-5-9-19(27)21(18)20)16-6-3-4-7-17(16)26(28)29/h3-4,6-7,10,20H,5,8-9,24H2,1-2H3. The molecule has 152 valence electrons. The Kier molecular flexibility index (Phi) is 4.92. The van der Waals surface area contributed by atoms with Crippen LogP contribution >= 0.6 is 11.3 Å². The van der Waals surface area contributed by atoms with Gasteiger partial charge in [0.25, 0.3) is 5.69 Å². The summed E-state index contributed by atoms with van der Waals surface area (Å²) in [4.78, 5) is 28.0. The molecule has 2 N–H and O–H groups in total. The molecule has 4 rings (SSSR count). The number of nitrogens with zero attached hydrogens (tertiary/aromatic N) is 3. The molecule has 1 atom stereocenters. The number of anilines is 1. The Morgan fingerprint density at radius 2 is 2.03 bits per heavy atom. The van der Waals surface area contributed by atoms with Crippen LogP contribution in [0.3, 0.4) is 0 Å². The highest BCUT2D eigenvalue weighted by atomic mass is 32.1. The van der Waals surface area contributed by atoms with E-state index in [2.05, 4.69) is 6.07 Å². The Bertz CT molecular complexity index is 1190. The number of para-hydroxylation sites is 2. The Morgan fingerprint density at radius 1 is 1.30 bits per heavy atom. The van der Waals surface area contributed by atoms with Crippen molar-refractivity contribution in [2.75, 3.05) is 4.90 Å². The van der Waals surface area contributed by atoms with E-state index in [-0.39, 0.29) is 28.6 Å². The van der Waals surface area contributed by atoms with E-state index in [1.165, 1.54) is 6.07 Å². The average Bonchev–Trinajstić information content (AvgIpc) is 3.05. The van der Waals surface area contributed by atoms with Gasteiger partial charge in [-0.3, -0.25) is 19.8 Å². The van der Waals surface area contributed by atoms with Gasteiger partial charge >= 0.3 is 0 Å². The first-order chi connectivity index (χ1) is 14.3. The number of ketones is 1. The lowest BCUT2D eigenvalue weighted by Crippen LogP contribution is -2.39. The molecule has 1 aromatic heterocycles. The fourth-order valence-corrected chi connectivity index (χ4v) is 5.38. The Balaban J connectivity index is 2.03. The van der Waals surface area contributed by atoms with Gasteiger partial charge in [0, 0.05) is 33.5 Å². The largest absolute Gasteiger partial charge is 0.384 e. The minimum absolute atomic E-state index is 0.0339. The second-order valence-corrected chi connectivity index (χ2v) is 8.89. The first-order valence-electron chi connectivity index (χ1n) is 9.61. The molecule has 0 fully saturated rings. The van der Waals surface area contributed by atoms with Crippen LogP contribution in [0.1, 0.15) is 40.5 Å². The molecule has 1 aromatic carbocycles. The number of nitro groups is 1. The van der Waals surface area contributed by atoms with Gasteiger partial charge in [-0.05, 0) is 44.4 Å². The number of allylic oxidation sites excluding steroid dienone is 3. The van der Waals surface area contributed by atoms with Crippen LogP contribution in [0.5, 0.6) is 0 Å². The summed E-state index contributed by atoms with van der Waals surface area (Å²) in [7, 11) is 0. The topological polar surface area (TPSA) is 113 Å². The van der Waals surface area contributed by atoms with Gasteiger partial charge in [0.05, 0.1) is 22.5 Å². The molecule has 0 amide bonds. The summed E-state index contributed by atoms with van der Waals surface area (Å²) in [6.07, 6.45) is 1.59. The molecule has 8 heteroatoms. The normalized spacial score (nSPS) is 19.0. The zero-order chi connectivity index (χ0) is 21.6. The molecular weight excluding hydrogens is 400 g/mol. The Hall–Kier alpha value is -3.44. The van der Waals surface area contributed by atoms with Gasteiger partial charge in [-0.1, -0.05) is 12.1 Å². The highest BCUT2D eigenvalue weighted by Gasteiger charge is 2.42. The lowest BCUT2D eigenvalue weighted by atomic mass is 9.75. The molecule has 0 spiro atoms. The van der Waals surface area contributed by atoms with Crippen molar-refractivity contribution in [3.8, 4) is 6.07 Å². The summed E-state index contributed by atoms with van der Waals surface area (Å²) >= 11 is 1.61. The molecule has 2 aliphatic rings. The number of nitriles is 1. The molecule has 30 heavy (non-hydrogen) atoms. The molecule has 0 radical (unpaired) electrons. The second kappa shape index (κ2) is 7.43. The third-order valence-electron chi connectivity index (χ3n) is 5.62. The fourth-order valence-electron chi connectivity index (χ4n) is 4.42. The summed E-state index contributed by atoms with van der Waals surface area (Å²) in [5, 5.41) is 21.7. The molecule has 2 aromatic rings. The first kappa shape index (κ1) is 19.9. The molecule has 0 saturated heterocycles. The van der Waals surface area contributed by atoms with E-state index in [4.69, 9.17) is 5.73 Å². The summed E-state index contributed by atoms with van der Waals surface area (Å²) in [6, 6.07) is 10.5. The van der Waals surface area contributed by atoms with Gasteiger partial charge in [-0.2, -0.15) is 5.26 Å². The van der Waals surface area contributed by atoms with Crippen molar-refractivity contribution in [3.63, 3.8) is 0 Å². The van der Waals surface area contributed by atoms with Crippen molar-refractivity contribution in [2.45, 2.75) is 39.0 Å². The highest BCUT2D eigenvalue weighted by Crippen LogP contribution is 2.49. The van der Waals surface area contributed by atoms with E-state index in [0.29, 0.717) is 30.5 Å². The molecule has 1 aliphatic heterocycles. The first-order valence-corrected chi connectivity index (χ1v) is 10.4. The van der Waals surface area contributed by atoms with E-state index < -0.39 is 10.8 Å². The molecule has 1 unspecified atom stereocenters. The molecular formula is C22H20N4O3S. The third-order valence-corrected chi connectivity index (χ3v) is 6.60. The van der Waals surface area contributed by atoms with Crippen molar-refractivity contribution < 1.29 is 9.72 Å². The number of carbonyl (C=O) groups is 1. The third kappa shape index (κ3) is 2.99. The van der Waals surface area contributed by atoms with Gasteiger partial charge < -0.3 is 5.73 Å². The summed E-state index contributed by atoms with van der Waals surface area (Å²) in [5.74, 6) is -0.427. The summed E-state index contributed by atoms with van der Waals surface area (Å²) in [6.45, 7) is 3.96. The minimum atomic E-state index is -0.540. The highest BCUT2D eigenvalue weighted by molar-refractivity contribution is 7.12. The van der Waals surface area contributed by atoms with Crippen molar-refractivity contribution in [2.24, 2.45) is 5.73 Å². The van der Waals surface area contributed by atoms with Gasteiger partial charge in [-0.15, -0.1) is 11.3 Å². The van der Waals surface area contributed by atoms with Crippen LogP contribution < -0.4 is 10.6 Å². The van der Waals surface area contributed by atoms with Crippen LogP contribution in [0, 0.1) is 35.3 Å². The number of nitro benzene ring substituents is 1. The van der Waals surface area contributed by atoms with Gasteiger partial charge in [-0.25, -0.2) is 0 Å². The molecule has 0 saturated carbocycles. The lowest BCUT2D eigenvalue weighted by molar-refractivity contribution is -0.384.